The third-order valence-corrected chi connectivity index (χ3v) is 13.4. The highest BCUT2D eigenvalue weighted by Crippen LogP contribution is 2.36. The summed E-state index contributed by atoms with van der Waals surface area (Å²) in [5.74, 6) is -0.00727. The average Bonchev–Trinajstić information content (AvgIpc) is 4.06. The molecule has 0 radical (unpaired) electrons. The van der Waals surface area contributed by atoms with Gasteiger partial charge in [0, 0.05) is 61.0 Å². The number of aryl methyl sites for hydroxylation is 1. The van der Waals surface area contributed by atoms with Gasteiger partial charge in [-0.1, -0.05) is 61.5 Å². The first kappa shape index (κ1) is 41.8. The first-order valence-corrected chi connectivity index (χ1v) is 22.3. The van der Waals surface area contributed by atoms with E-state index in [1.165, 1.54) is 10.5 Å². The van der Waals surface area contributed by atoms with E-state index in [9.17, 15) is 19.8 Å². The Hall–Kier alpha value is -6.58. The Morgan fingerprint density at radius 2 is 1.65 bits per heavy atom. The SMILES string of the molecule is Cc1ncsc1-c1ccc([C@H](C)NC(=O)[C@@H]2C[C@@H](O)CN2C(=O)[C@@H](c2cc(-c3cnc(N4CCC(c5ccc6nnc(-c7ccccc7O)cc6c5)CC4)nc3)no2)C(C)C)cc1. The molecule has 0 bridgehead atoms. The smallest absolute Gasteiger partial charge is 0.243 e. The Morgan fingerprint density at radius 3 is 2.37 bits per heavy atom. The summed E-state index contributed by atoms with van der Waals surface area (Å²) in [6.45, 7) is 9.37. The van der Waals surface area contributed by atoms with Crippen molar-refractivity contribution in [1.82, 2.24) is 40.5 Å². The summed E-state index contributed by atoms with van der Waals surface area (Å²) >= 11 is 1.59. The Morgan fingerprint density at radius 1 is 0.889 bits per heavy atom. The number of phenols is 1. The molecule has 0 unspecified atom stereocenters. The number of rotatable bonds is 11. The number of anilines is 1. The Labute approximate surface area is 369 Å². The number of carbonyl (C=O) groups is 2. The maximum atomic E-state index is 14.3. The molecule has 2 saturated heterocycles. The molecule has 4 atom stereocenters. The molecule has 3 N–H and O–H groups in total. The predicted molar refractivity (Wildman–Crippen MR) is 241 cm³/mol. The molecule has 4 aromatic heterocycles. The number of benzene rings is 3. The lowest BCUT2D eigenvalue weighted by Gasteiger charge is -2.32. The lowest BCUT2D eigenvalue weighted by Crippen LogP contribution is -2.48. The largest absolute Gasteiger partial charge is 0.507 e. The number of fused-ring (bicyclic) bond motifs is 1. The summed E-state index contributed by atoms with van der Waals surface area (Å²) in [6, 6.07) is 24.1. The zero-order valence-electron chi connectivity index (χ0n) is 35.5. The van der Waals surface area contributed by atoms with Gasteiger partial charge >= 0.3 is 0 Å². The summed E-state index contributed by atoms with van der Waals surface area (Å²) in [4.78, 5) is 46.6. The van der Waals surface area contributed by atoms with Gasteiger partial charge in [-0.25, -0.2) is 15.0 Å². The standard InChI is InChI=1S/C48H49N9O5S/c1-27(2)44(47(61)57-25-36(58)21-41(57)46(60)52-28(3)30-9-11-32(12-10-30)45-29(4)51-26-63-45)43-22-39(55-62-43)35-23-49-48(50-24-35)56-17-15-31(16-18-56)33-13-14-38-34(19-33)20-40(54-53-38)37-7-5-6-8-42(37)59/h5-14,19-20,22-24,26-28,31,36,41,44,58-59H,15-18,21,25H2,1-4H3,(H,52,60)/t28-,36+,41-,44+/m0/s1. The molecule has 0 spiro atoms. The number of aliphatic hydroxyl groups is 1. The summed E-state index contributed by atoms with van der Waals surface area (Å²) in [6.07, 6.45) is 4.61. The molecule has 2 amide bonds. The maximum Gasteiger partial charge on any atom is 0.243 e. The third kappa shape index (κ3) is 8.62. The zero-order valence-corrected chi connectivity index (χ0v) is 36.4. The van der Waals surface area contributed by atoms with Crippen LogP contribution in [0.3, 0.4) is 0 Å². The summed E-state index contributed by atoms with van der Waals surface area (Å²) in [7, 11) is 0. The Kier molecular flexibility index (Phi) is 11.7. The number of nitrogens with one attached hydrogen (secondary N) is 1. The van der Waals surface area contributed by atoms with Crippen molar-refractivity contribution in [2.45, 2.75) is 77.0 Å². The van der Waals surface area contributed by atoms with Gasteiger partial charge < -0.3 is 29.9 Å². The van der Waals surface area contributed by atoms with Crippen molar-refractivity contribution in [2.75, 3.05) is 24.5 Å². The van der Waals surface area contributed by atoms with Crippen LogP contribution in [0.15, 0.2) is 101 Å². The molecule has 3 aromatic carbocycles. The van der Waals surface area contributed by atoms with Gasteiger partial charge in [-0.2, -0.15) is 0 Å². The van der Waals surface area contributed by atoms with E-state index in [1.54, 1.807) is 41.9 Å². The number of thiazole rings is 1. The third-order valence-electron chi connectivity index (χ3n) is 12.4. The number of para-hydroxylation sites is 1. The second kappa shape index (κ2) is 17.7. The lowest BCUT2D eigenvalue weighted by atomic mass is 9.89. The Bertz CT molecular complexity index is 2750. The fraction of sp³-hybridized carbons (Fsp3) is 0.333. The van der Waals surface area contributed by atoms with Gasteiger partial charge in [-0.15, -0.1) is 21.5 Å². The second-order valence-electron chi connectivity index (χ2n) is 16.9. The molecule has 2 fully saturated rings. The van der Waals surface area contributed by atoms with E-state index < -0.39 is 18.1 Å². The summed E-state index contributed by atoms with van der Waals surface area (Å²) < 4.78 is 5.83. The molecule has 15 heteroatoms. The van der Waals surface area contributed by atoms with Crippen LogP contribution in [0.4, 0.5) is 5.95 Å². The molecule has 2 aliphatic heterocycles. The van der Waals surface area contributed by atoms with Crippen LogP contribution in [0.25, 0.3) is 43.9 Å². The number of piperidine rings is 1. The minimum Gasteiger partial charge on any atom is -0.507 e. The van der Waals surface area contributed by atoms with Gasteiger partial charge in [0.05, 0.1) is 39.4 Å². The quantitative estimate of drug-likeness (QED) is 0.115. The van der Waals surface area contributed by atoms with Crippen molar-refractivity contribution in [3.05, 3.63) is 119 Å². The molecule has 14 nitrogen and oxygen atoms in total. The molecular weight excluding hydrogens is 815 g/mol. The van der Waals surface area contributed by atoms with Crippen LogP contribution in [0.2, 0.25) is 0 Å². The average molecular weight is 864 g/mol. The van der Waals surface area contributed by atoms with Crippen molar-refractivity contribution >= 4 is 40.0 Å². The monoisotopic (exact) mass is 863 g/mol. The first-order chi connectivity index (χ1) is 30.5. The number of hydrogen-bond donors (Lipinski definition) is 3. The molecule has 9 rings (SSSR count). The molecule has 2 aliphatic rings. The minimum absolute atomic E-state index is 0.0458. The number of β-amino-alcohol motifs (C(OH)–C–C–N with tert-alkyl or cyclic N) is 1. The highest BCUT2D eigenvalue weighted by molar-refractivity contribution is 7.13. The Balaban J connectivity index is 0.828. The molecule has 6 heterocycles. The van der Waals surface area contributed by atoms with Gasteiger partial charge in [0.2, 0.25) is 17.8 Å². The fourth-order valence-corrected chi connectivity index (χ4v) is 9.67. The topological polar surface area (TPSA) is 184 Å². The van der Waals surface area contributed by atoms with E-state index >= 15 is 0 Å². The highest BCUT2D eigenvalue weighted by atomic mass is 32.1. The van der Waals surface area contributed by atoms with Crippen molar-refractivity contribution < 1.29 is 24.3 Å². The maximum absolute atomic E-state index is 14.3. The zero-order chi connectivity index (χ0) is 43.8. The van der Waals surface area contributed by atoms with Gasteiger partial charge in [-0.05, 0) is 85.5 Å². The van der Waals surface area contributed by atoms with E-state index in [0.29, 0.717) is 40.1 Å². The number of hydrogen-bond acceptors (Lipinski definition) is 13. The number of phenolic OH excluding ortho intramolecular Hbond substituents is 1. The number of likely N-dealkylation sites (tertiary alicyclic amines) is 1. The first-order valence-electron chi connectivity index (χ1n) is 21.4. The fourth-order valence-electron chi connectivity index (χ4n) is 8.86. The molecule has 322 valence electrons. The molecule has 0 aliphatic carbocycles. The van der Waals surface area contributed by atoms with E-state index in [0.717, 1.165) is 58.5 Å². The van der Waals surface area contributed by atoms with Crippen LogP contribution >= 0.6 is 11.3 Å². The number of aromatic nitrogens is 6. The molecule has 0 saturated carbocycles. The normalized spacial score (nSPS) is 17.9. The number of aliphatic hydroxyl groups excluding tert-OH is 1. The van der Waals surface area contributed by atoms with Crippen LogP contribution in [0.1, 0.15) is 80.5 Å². The predicted octanol–water partition coefficient (Wildman–Crippen LogP) is 7.84. The number of carbonyl (C=O) groups excluding carboxylic acids is 2. The number of amides is 2. The van der Waals surface area contributed by atoms with Crippen molar-refractivity contribution in [3.63, 3.8) is 0 Å². The van der Waals surface area contributed by atoms with E-state index in [4.69, 9.17) is 14.5 Å². The summed E-state index contributed by atoms with van der Waals surface area (Å²) in [5.41, 5.74) is 9.28. The van der Waals surface area contributed by atoms with Crippen LogP contribution in [0, 0.1) is 12.8 Å². The van der Waals surface area contributed by atoms with E-state index in [-0.39, 0.29) is 42.5 Å². The number of aromatic hydroxyl groups is 1. The van der Waals surface area contributed by atoms with Crippen LogP contribution in [-0.2, 0) is 9.59 Å². The second-order valence-corrected chi connectivity index (χ2v) is 17.8. The van der Waals surface area contributed by atoms with E-state index in [2.05, 4.69) is 42.7 Å². The highest BCUT2D eigenvalue weighted by Gasteiger charge is 2.43. The van der Waals surface area contributed by atoms with Gasteiger partial charge in [0.15, 0.2) is 0 Å². The van der Waals surface area contributed by atoms with E-state index in [1.807, 2.05) is 81.7 Å². The van der Waals surface area contributed by atoms with Crippen LogP contribution in [-0.4, -0.2) is 89.0 Å². The molecule has 63 heavy (non-hydrogen) atoms. The molecule has 7 aromatic rings. The summed E-state index contributed by atoms with van der Waals surface area (Å²) in [5, 5.41) is 38.2. The van der Waals surface area contributed by atoms with Crippen molar-refractivity contribution in [3.8, 4) is 38.7 Å². The molecular formula is C48H49N9O5S. The van der Waals surface area contributed by atoms with Crippen molar-refractivity contribution in [1.29, 1.82) is 0 Å². The van der Waals surface area contributed by atoms with Crippen LogP contribution in [0.5, 0.6) is 5.75 Å². The lowest BCUT2D eigenvalue weighted by molar-refractivity contribution is -0.141. The van der Waals surface area contributed by atoms with Gasteiger partial charge in [0.1, 0.15) is 29.2 Å². The van der Waals surface area contributed by atoms with Crippen molar-refractivity contribution in [2.24, 2.45) is 5.92 Å². The minimum atomic E-state index is -0.838. The number of nitrogens with zero attached hydrogens (tertiary/aromatic N) is 8. The van der Waals surface area contributed by atoms with Gasteiger partial charge in [0.25, 0.3) is 0 Å². The van der Waals surface area contributed by atoms with Crippen LogP contribution < -0.4 is 10.2 Å². The van der Waals surface area contributed by atoms with Gasteiger partial charge in [-0.3, -0.25) is 9.59 Å².